The second kappa shape index (κ2) is 11.8. The minimum Gasteiger partial charge on any atom is -0.455 e. The van der Waals surface area contributed by atoms with E-state index in [0.29, 0.717) is 5.56 Å². The van der Waals surface area contributed by atoms with Gasteiger partial charge in [0.05, 0.1) is 40.3 Å². The Labute approximate surface area is 237 Å². The van der Waals surface area contributed by atoms with E-state index in [1.165, 1.54) is 43.3 Å². The van der Waals surface area contributed by atoms with E-state index in [-0.39, 0.29) is 59.3 Å². The summed E-state index contributed by atoms with van der Waals surface area (Å²) >= 11 is 0. The lowest BCUT2D eigenvalue weighted by atomic mass is 10.2. The van der Waals surface area contributed by atoms with Crippen LogP contribution in [-0.2, 0) is 20.0 Å². The number of halogens is 2. The Morgan fingerprint density at radius 1 is 1.00 bits per heavy atom. The smallest absolute Gasteiger partial charge is 0.238 e. The number of sulfonamides is 2. The topological polar surface area (TPSA) is 154 Å². The van der Waals surface area contributed by atoms with Gasteiger partial charge in [-0.2, -0.15) is 0 Å². The van der Waals surface area contributed by atoms with Crippen molar-refractivity contribution in [1.82, 2.24) is 0 Å². The molecule has 0 saturated heterocycles. The Morgan fingerprint density at radius 3 is 2.37 bits per heavy atom. The summed E-state index contributed by atoms with van der Waals surface area (Å²) < 4.78 is 90.0. The van der Waals surface area contributed by atoms with Crippen molar-refractivity contribution in [2.24, 2.45) is 0 Å². The van der Waals surface area contributed by atoms with Gasteiger partial charge in [-0.1, -0.05) is 12.1 Å². The molecule has 41 heavy (non-hydrogen) atoms. The van der Waals surface area contributed by atoms with Crippen molar-refractivity contribution in [2.45, 2.75) is 44.0 Å². The number of benzene rings is 3. The van der Waals surface area contributed by atoms with Crippen LogP contribution in [0.3, 0.4) is 0 Å². The van der Waals surface area contributed by atoms with Crippen LogP contribution in [0, 0.1) is 18.6 Å². The minimum atomic E-state index is -4.25. The van der Waals surface area contributed by atoms with Gasteiger partial charge in [-0.3, -0.25) is 9.44 Å². The largest absolute Gasteiger partial charge is 0.455 e. The van der Waals surface area contributed by atoms with E-state index in [1.807, 2.05) is 0 Å². The van der Waals surface area contributed by atoms with Gasteiger partial charge in [-0.25, -0.2) is 25.6 Å². The zero-order chi connectivity index (χ0) is 30.0. The van der Waals surface area contributed by atoms with E-state index in [1.54, 1.807) is 13.0 Å². The fourth-order valence-corrected chi connectivity index (χ4v) is 6.57. The van der Waals surface area contributed by atoms with Crippen LogP contribution < -0.4 is 19.5 Å². The molecule has 1 saturated carbocycles. The highest BCUT2D eigenvalue weighted by molar-refractivity contribution is 7.94. The zero-order valence-corrected chi connectivity index (χ0v) is 24.0. The Morgan fingerprint density at radius 2 is 1.73 bits per heavy atom. The molecule has 5 N–H and O–H groups in total. The molecule has 14 heteroatoms. The van der Waals surface area contributed by atoms with Crippen molar-refractivity contribution in [2.75, 3.05) is 27.1 Å². The van der Waals surface area contributed by atoms with Gasteiger partial charge in [0.15, 0.2) is 5.75 Å². The molecule has 1 aliphatic rings. The number of aryl methyl sites for hydroxylation is 1. The van der Waals surface area contributed by atoms with Crippen molar-refractivity contribution >= 4 is 42.8 Å². The lowest BCUT2D eigenvalue weighted by Crippen LogP contribution is -2.34. The van der Waals surface area contributed by atoms with Gasteiger partial charge in [0.1, 0.15) is 23.1 Å². The van der Waals surface area contributed by atoms with Crippen molar-refractivity contribution in [3.05, 3.63) is 71.8 Å². The Balaban J connectivity index is 1.78. The molecular weight excluding hydrogens is 580 g/mol. The van der Waals surface area contributed by atoms with Crippen LogP contribution in [0.25, 0.3) is 0 Å². The summed E-state index contributed by atoms with van der Waals surface area (Å²) in [7, 11) is -7.86. The molecule has 1 fully saturated rings. The molecule has 4 rings (SSSR count). The standard InChI is InChI=1S/C27H31F2N3O7S2/c1-3-40(35,36)31-19-5-4-6-21(14-19)39-25-13-18(28)12-24(30-23-8-7-17(2)11-22(23)29)26(25)32-41(37,38)27(9-10-27)15-20(34)16-33/h4-8,11-14,20,30-34H,3,9-10,15-16H2,1-2H3. The summed E-state index contributed by atoms with van der Waals surface area (Å²) in [6, 6.07) is 11.9. The molecule has 1 aliphatic carbocycles. The summed E-state index contributed by atoms with van der Waals surface area (Å²) in [5.41, 5.74) is 0.343. The molecule has 0 aromatic heterocycles. The SMILES string of the molecule is CCS(=O)(=O)Nc1cccc(Oc2cc(F)cc(Nc3ccc(C)cc3F)c2NS(=O)(=O)C2(CC(O)CO)CC2)c1. The molecule has 10 nitrogen and oxygen atoms in total. The van der Waals surface area contributed by atoms with Crippen molar-refractivity contribution in [1.29, 1.82) is 0 Å². The number of hydrogen-bond acceptors (Lipinski definition) is 8. The van der Waals surface area contributed by atoms with E-state index in [9.17, 15) is 35.8 Å². The second-order valence-corrected chi connectivity index (χ2v) is 14.0. The maximum atomic E-state index is 14.9. The van der Waals surface area contributed by atoms with Gasteiger partial charge in [0.2, 0.25) is 20.0 Å². The highest BCUT2D eigenvalue weighted by atomic mass is 32.2. The molecule has 0 bridgehead atoms. The fourth-order valence-electron chi connectivity index (χ4n) is 4.19. The molecule has 1 unspecified atom stereocenters. The van der Waals surface area contributed by atoms with Gasteiger partial charge < -0.3 is 20.3 Å². The molecule has 222 valence electrons. The monoisotopic (exact) mass is 611 g/mol. The highest BCUT2D eigenvalue weighted by Gasteiger charge is 2.55. The first-order valence-corrected chi connectivity index (χ1v) is 15.9. The molecule has 0 heterocycles. The molecule has 0 spiro atoms. The Hall–Kier alpha value is -3.46. The second-order valence-electron chi connectivity index (χ2n) is 9.90. The normalized spacial score (nSPS) is 15.2. The van der Waals surface area contributed by atoms with Crippen molar-refractivity contribution < 1.29 is 40.6 Å². The third kappa shape index (κ3) is 7.25. The predicted molar refractivity (Wildman–Crippen MR) is 153 cm³/mol. The van der Waals surface area contributed by atoms with E-state index < -0.39 is 49.1 Å². The van der Waals surface area contributed by atoms with Gasteiger partial charge >= 0.3 is 0 Å². The summed E-state index contributed by atoms with van der Waals surface area (Å²) in [5, 5.41) is 22.0. The molecule has 0 radical (unpaired) electrons. The fraction of sp³-hybridized carbons (Fsp3) is 0.333. The van der Waals surface area contributed by atoms with Crippen LogP contribution in [0.5, 0.6) is 11.5 Å². The third-order valence-corrected chi connectivity index (χ3v) is 10.1. The Bertz CT molecular complexity index is 1650. The average Bonchev–Trinajstić information content (AvgIpc) is 3.69. The highest BCUT2D eigenvalue weighted by Crippen LogP contribution is 2.50. The lowest BCUT2D eigenvalue weighted by molar-refractivity contribution is 0.0858. The summed E-state index contributed by atoms with van der Waals surface area (Å²) in [6.45, 7) is 2.52. The maximum absolute atomic E-state index is 14.9. The minimum absolute atomic E-state index is 0.0525. The molecule has 3 aromatic rings. The molecule has 0 aliphatic heterocycles. The van der Waals surface area contributed by atoms with Crippen molar-refractivity contribution in [3.63, 3.8) is 0 Å². The van der Waals surface area contributed by atoms with Crippen molar-refractivity contribution in [3.8, 4) is 11.5 Å². The quantitative estimate of drug-likeness (QED) is 0.188. The molecule has 1 atom stereocenters. The number of rotatable bonds is 13. The first kappa shape index (κ1) is 30.5. The first-order chi connectivity index (χ1) is 19.3. The molecule has 0 amide bonds. The lowest BCUT2D eigenvalue weighted by Gasteiger charge is -2.23. The number of nitrogens with one attached hydrogen (secondary N) is 3. The maximum Gasteiger partial charge on any atom is 0.238 e. The number of ether oxygens (including phenoxy) is 1. The van der Waals surface area contributed by atoms with E-state index in [4.69, 9.17) is 4.74 Å². The number of aliphatic hydroxyl groups excluding tert-OH is 2. The van der Waals surface area contributed by atoms with Gasteiger partial charge in [-0.15, -0.1) is 0 Å². The number of aliphatic hydroxyl groups is 2. The summed E-state index contributed by atoms with van der Waals surface area (Å²) in [4.78, 5) is 0. The van der Waals surface area contributed by atoms with Crippen LogP contribution in [-0.4, -0.2) is 50.3 Å². The average molecular weight is 612 g/mol. The first-order valence-electron chi connectivity index (χ1n) is 12.7. The van der Waals surface area contributed by atoms with Gasteiger partial charge in [0.25, 0.3) is 0 Å². The van der Waals surface area contributed by atoms with Gasteiger partial charge in [-0.05, 0) is 69.0 Å². The van der Waals surface area contributed by atoms with Crippen LogP contribution in [0.15, 0.2) is 54.6 Å². The van der Waals surface area contributed by atoms with E-state index in [0.717, 1.165) is 12.1 Å². The van der Waals surface area contributed by atoms with E-state index in [2.05, 4.69) is 14.8 Å². The zero-order valence-electron chi connectivity index (χ0n) is 22.3. The third-order valence-electron chi connectivity index (χ3n) is 6.61. The van der Waals surface area contributed by atoms with Crippen LogP contribution in [0.2, 0.25) is 0 Å². The number of anilines is 4. The van der Waals surface area contributed by atoms with Crippen LogP contribution in [0.1, 0.15) is 31.7 Å². The molecule has 3 aromatic carbocycles. The summed E-state index contributed by atoms with van der Waals surface area (Å²) in [6.07, 6.45) is -1.07. The van der Waals surface area contributed by atoms with E-state index >= 15 is 0 Å². The van der Waals surface area contributed by atoms with Gasteiger partial charge in [0, 0.05) is 12.1 Å². The summed E-state index contributed by atoms with van der Waals surface area (Å²) in [5.74, 6) is -1.91. The Kier molecular flexibility index (Phi) is 8.78. The number of hydrogen-bond donors (Lipinski definition) is 5. The predicted octanol–water partition coefficient (Wildman–Crippen LogP) is 4.59. The van der Waals surface area contributed by atoms with Crippen LogP contribution in [0.4, 0.5) is 31.5 Å². The molecular formula is C27H31F2N3O7S2. The van der Waals surface area contributed by atoms with Crippen LogP contribution >= 0.6 is 0 Å².